The Labute approximate surface area is 112 Å². The number of aryl methyl sites for hydroxylation is 1. The van der Waals surface area contributed by atoms with E-state index in [1.54, 1.807) is 25.1 Å². The maximum absolute atomic E-state index is 13.6. The lowest BCUT2D eigenvalue weighted by molar-refractivity contribution is 0.241. The molecule has 0 spiro atoms. The summed E-state index contributed by atoms with van der Waals surface area (Å²) in [5.74, 6) is 0.857. The molecule has 2 aromatic rings. The highest BCUT2D eigenvalue weighted by Gasteiger charge is 2.05. The second-order valence-electron chi connectivity index (χ2n) is 4.25. The first-order valence-electron chi connectivity index (χ1n) is 6.33. The Kier molecular flexibility index (Phi) is 4.78. The SMILES string of the molecule is Cc1cccc(OCCCOc2ccccc2)c1F. The lowest BCUT2D eigenvalue weighted by atomic mass is 10.2. The quantitative estimate of drug-likeness (QED) is 0.731. The average Bonchev–Trinajstić information content (AvgIpc) is 2.44. The molecule has 2 nitrogen and oxygen atoms in total. The summed E-state index contributed by atoms with van der Waals surface area (Å²) in [5.41, 5.74) is 0.595. The fraction of sp³-hybridized carbons (Fsp3) is 0.250. The Morgan fingerprint density at radius 1 is 0.895 bits per heavy atom. The first-order valence-corrected chi connectivity index (χ1v) is 6.33. The van der Waals surface area contributed by atoms with Gasteiger partial charge in [-0.3, -0.25) is 0 Å². The molecule has 2 aromatic carbocycles. The summed E-state index contributed by atoms with van der Waals surface area (Å²) in [6.45, 7) is 2.71. The third kappa shape index (κ3) is 3.98. The van der Waals surface area contributed by atoms with Gasteiger partial charge in [-0.15, -0.1) is 0 Å². The van der Waals surface area contributed by atoms with Crippen LogP contribution in [-0.2, 0) is 0 Å². The lowest BCUT2D eigenvalue weighted by Crippen LogP contribution is -2.06. The highest BCUT2D eigenvalue weighted by molar-refractivity contribution is 5.30. The van der Waals surface area contributed by atoms with Gasteiger partial charge in [-0.1, -0.05) is 30.3 Å². The molecular formula is C16H17FO2. The summed E-state index contributed by atoms with van der Waals surface area (Å²) in [6, 6.07) is 14.7. The zero-order chi connectivity index (χ0) is 13.5. The van der Waals surface area contributed by atoms with E-state index in [1.807, 2.05) is 30.3 Å². The first-order chi connectivity index (χ1) is 9.27. The van der Waals surface area contributed by atoms with Crippen LogP contribution >= 0.6 is 0 Å². The van der Waals surface area contributed by atoms with Gasteiger partial charge in [0.25, 0.3) is 0 Å². The van der Waals surface area contributed by atoms with Crippen molar-refractivity contribution in [1.29, 1.82) is 0 Å². The number of para-hydroxylation sites is 1. The second kappa shape index (κ2) is 6.78. The molecule has 0 radical (unpaired) electrons. The van der Waals surface area contributed by atoms with Crippen LogP contribution in [0.3, 0.4) is 0 Å². The molecule has 0 saturated heterocycles. The normalized spacial score (nSPS) is 10.2. The zero-order valence-corrected chi connectivity index (χ0v) is 10.9. The van der Waals surface area contributed by atoms with Gasteiger partial charge >= 0.3 is 0 Å². The molecule has 0 saturated carbocycles. The van der Waals surface area contributed by atoms with Gasteiger partial charge in [0.15, 0.2) is 11.6 Å². The molecule has 2 rings (SSSR count). The minimum atomic E-state index is -0.286. The summed E-state index contributed by atoms with van der Waals surface area (Å²) < 4.78 is 24.5. The van der Waals surface area contributed by atoms with E-state index >= 15 is 0 Å². The van der Waals surface area contributed by atoms with E-state index < -0.39 is 0 Å². The van der Waals surface area contributed by atoms with Crippen molar-refractivity contribution in [3.05, 3.63) is 59.9 Å². The van der Waals surface area contributed by atoms with Crippen molar-refractivity contribution < 1.29 is 13.9 Å². The lowest BCUT2D eigenvalue weighted by Gasteiger charge is -2.09. The zero-order valence-electron chi connectivity index (χ0n) is 10.9. The van der Waals surface area contributed by atoms with Crippen LogP contribution in [0.2, 0.25) is 0 Å². The number of hydrogen-bond acceptors (Lipinski definition) is 2. The van der Waals surface area contributed by atoms with Gasteiger partial charge in [0, 0.05) is 6.42 Å². The molecule has 0 N–H and O–H groups in total. The summed E-state index contributed by atoms with van der Waals surface area (Å²) in [6.07, 6.45) is 0.711. The molecule has 0 unspecified atom stereocenters. The predicted molar refractivity (Wildman–Crippen MR) is 73.2 cm³/mol. The van der Waals surface area contributed by atoms with Gasteiger partial charge < -0.3 is 9.47 Å². The van der Waals surface area contributed by atoms with E-state index in [0.717, 1.165) is 5.75 Å². The third-order valence-electron chi connectivity index (χ3n) is 2.71. The standard InChI is InChI=1S/C16H17FO2/c1-13-7-5-10-15(16(13)17)19-12-6-11-18-14-8-3-2-4-9-14/h2-5,7-10H,6,11-12H2,1H3. The highest BCUT2D eigenvalue weighted by Crippen LogP contribution is 2.19. The number of ether oxygens (including phenoxy) is 2. The van der Waals surface area contributed by atoms with E-state index in [2.05, 4.69) is 0 Å². The Morgan fingerprint density at radius 3 is 2.42 bits per heavy atom. The fourth-order valence-electron chi connectivity index (χ4n) is 1.68. The minimum absolute atomic E-state index is 0.286. The van der Waals surface area contributed by atoms with Gasteiger partial charge in [-0.25, -0.2) is 4.39 Å². The molecule has 0 atom stereocenters. The predicted octanol–water partition coefficient (Wildman–Crippen LogP) is 3.98. The summed E-state index contributed by atoms with van der Waals surface area (Å²) in [7, 11) is 0. The molecule has 3 heteroatoms. The Morgan fingerprint density at radius 2 is 1.63 bits per heavy atom. The monoisotopic (exact) mass is 260 g/mol. The van der Waals surface area contributed by atoms with Gasteiger partial charge in [-0.05, 0) is 30.7 Å². The van der Waals surface area contributed by atoms with Gasteiger partial charge in [0.2, 0.25) is 0 Å². The Bertz CT molecular complexity index is 511. The molecule has 0 aromatic heterocycles. The second-order valence-corrected chi connectivity index (χ2v) is 4.25. The highest BCUT2D eigenvalue weighted by atomic mass is 19.1. The molecule has 0 aliphatic carbocycles. The number of hydrogen-bond donors (Lipinski definition) is 0. The average molecular weight is 260 g/mol. The van der Waals surface area contributed by atoms with Crippen molar-refractivity contribution in [3.8, 4) is 11.5 Å². The van der Waals surface area contributed by atoms with Crippen LogP contribution in [-0.4, -0.2) is 13.2 Å². The van der Waals surface area contributed by atoms with Crippen molar-refractivity contribution in [3.63, 3.8) is 0 Å². The fourth-order valence-corrected chi connectivity index (χ4v) is 1.68. The molecule has 19 heavy (non-hydrogen) atoms. The van der Waals surface area contributed by atoms with Crippen LogP contribution in [0.15, 0.2) is 48.5 Å². The molecule has 0 amide bonds. The van der Waals surface area contributed by atoms with Crippen LogP contribution in [0.25, 0.3) is 0 Å². The maximum Gasteiger partial charge on any atom is 0.167 e. The Hall–Kier alpha value is -2.03. The van der Waals surface area contributed by atoms with E-state index in [1.165, 1.54) is 0 Å². The van der Waals surface area contributed by atoms with Gasteiger partial charge in [0.05, 0.1) is 13.2 Å². The van der Waals surface area contributed by atoms with Crippen molar-refractivity contribution in [1.82, 2.24) is 0 Å². The van der Waals surface area contributed by atoms with Gasteiger partial charge in [0.1, 0.15) is 5.75 Å². The van der Waals surface area contributed by atoms with Crippen LogP contribution < -0.4 is 9.47 Å². The van der Waals surface area contributed by atoms with Crippen molar-refractivity contribution in [2.45, 2.75) is 13.3 Å². The molecule has 0 fully saturated rings. The van der Waals surface area contributed by atoms with Crippen LogP contribution in [0.1, 0.15) is 12.0 Å². The van der Waals surface area contributed by atoms with Crippen LogP contribution in [0, 0.1) is 12.7 Å². The van der Waals surface area contributed by atoms with Crippen LogP contribution in [0.4, 0.5) is 4.39 Å². The maximum atomic E-state index is 13.6. The number of rotatable bonds is 6. The van der Waals surface area contributed by atoms with E-state index in [0.29, 0.717) is 30.9 Å². The first kappa shape index (κ1) is 13.4. The van der Waals surface area contributed by atoms with E-state index in [9.17, 15) is 4.39 Å². The van der Waals surface area contributed by atoms with Crippen molar-refractivity contribution >= 4 is 0 Å². The smallest absolute Gasteiger partial charge is 0.167 e. The number of halogens is 1. The largest absolute Gasteiger partial charge is 0.493 e. The topological polar surface area (TPSA) is 18.5 Å². The molecule has 0 aliphatic heterocycles. The van der Waals surface area contributed by atoms with Crippen LogP contribution in [0.5, 0.6) is 11.5 Å². The molecule has 0 bridgehead atoms. The minimum Gasteiger partial charge on any atom is -0.493 e. The number of benzene rings is 2. The van der Waals surface area contributed by atoms with E-state index in [4.69, 9.17) is 9.47 Å². The summed E-state index contributed by atoms with van der Waals surface area (Å²) >= 11 is 0. The molecule has 0 heterocycles. The third-order valence-corrected chi connectivity index (χ3v) is 2.71. The summed E-state index contributed by atoms with van der Waals surface area (Å²) in [4.78, 5) is 0. The van der Waals surface area contributed by atoms with E-state index in [-0.39, 0.29) is 5.82 Å². The van der Waals surface area contributed by atoms with Gasteiger partial charge in [-0.2, -0.15) is 0 Å². The molecule has 0 aliphatic rings. The Balaban J connectivity index is 1.71. The molecule has 100 valence electrons. The summed E-state index contributed by atoms with van der Waals surface area (Å²) in [5, 5.41) is 0. The van der Waals surface area contributed by atoms with Crippen molar-refractivity contribution in [2.24, 2.45) is 0 Å². The molecular weight excluding hydrogens is 243 g/mol. The van der Waals surface area contributed by atoms with Crippen molar-refractivity contribution in [2.75, 3.05) is 13.2 Å².